The standard InChI is InChI=1S/C64H127NO8/c1-3-5-7-9-11-13-15-17-19-21-23-25-26-27-28-29-30-31-32-34-35-37-39-41-43-45-47-49-51-53-58(67)57(56-72-64-63(71)62(70)61(69)59(55-66)73-64)65-60(68)54-52-50-48-46-44-42-40-38-36-33-24-22-20-18-16-14-12-10-8-6-4-2/h57-59,61-64,66-67,69-71H,3-56H2,1-2H3,(H,65,68). The van der Waals surface area contributed by atoms with Gasteiger partial charge in [-0.3, -0.25) is 4.79 Å². The van der Waals surface area contributed by atoms with Gasteiger partial charge in [0.2, 0.25) is 5.91 Å². The second-order valence-electron chi connectivity index (χ2n) is 23.3. The highest BCUT2D eigenvalue weighted by Gasteiger charge is 2.44. The quantitative estimate of drug-likeness (QED) is 0.0330. The van der Waals surface area contributed by atoms with Crippen LogP contribution in [0.3, 0.4) is 0 Å². The van der Waals surface area contributed by atoms with Crippen molar-refractivity contribution in [1.29, 1.82) is 0 Å². The maximum atomic E-state index is 13.1. The molecule has 7 unspecified atom stereocenters. The number of ether oxygens (including phenoxy) is 2. The lowest BCUT2D eigenvalue weighted by Crippen LogP contribution is -2.60. The second-order valence-corrected chi connectivity index (χ2v) is 23.3. The zero-order valence-corrected chi connectivity index (χ0v) is 48.7. The van der Waals surface area contributed by atoms with Gasteiger partial charge in [-0.15, -0.1) is 0 Å². The number of rotatable bonds is 58. The number of carbonyl (C=O) groups excluding carboxylic acids is 1. The molecule has 436 valence electrons. The van der Waals surface area contributed by atoms with Crippen LogP contribution in [-0.4, -0.2) is 87.5 Å². The van der Waals surface area contributed by atoms with Crippen LogP contribution in [0.15, 0.2) is 0 Å². The fourth-order valence-electron chi connectivity index (χ4n) is 11.0. The number of nitrogens with one attached hydrogen (secondary N) is 1. The van der Waals surface area contributed by atoms with Gasteiger partial charge in [-0.25, -0.2) is 0 Å². The topological polar surface area (TPSA) is 149 Å². The molecule has 0 aromatic heterocycles. The molecule has 1 amide bonds. The van der Waals surface area contributed by atoms with Crippen molar-refractivity contribution in [1.82, 2.24) is 5.32 Å². The normalized spacial score (nSPS) is 18.9. The van der Waals surface area contributed by atoms with Crippen LogP contribution in [0.25, 0.3) is 0 Å². The summed E-state index contributed by atoms with van der Waals surface area (Å²) in [6.07, 6.45) is 60.1. The molecule has 1 fully saturated rings. The van der Waals surface area contributed by atoms with E-state index < -0.39 is 49.5 Å². The van der Waals surface area contributed by atoms with E-state index in [9.17, 15) is 30.3 Å². The van der Waals surface area contributed by atoms with E-state index in [0.717, 1.165) is 38.5 Å². The lowest BCUT2D eigenvalue weighted by Gasteiger charge is -2.40. The zero-order chi connectivity index (χ0) is 52.9. The maximum absolute atomic E-state index is 13.1. The van der Waals surface area contributed by atoms with Gasteiger partial charge < -0.3 is 40.3 Å². The highest BCUT2D eigenvalue weighted by atomic mass is 16.7. The summed E-state index contributed by atoms with van der Waals surface area (Å²) in [5, 5.41) is 54.8. The first-order valence-corrected chi connectivity index (χ1v) is 32.7. The number of unbranched alkanes of at least 4 members (excludes halogenated alkanes) is 48. The Kier molecular flexibility index (Phi) is 52.5. The van der Waals surface area contributed by atoms with Crippen molar-refractivity contribution < 1.29 is 39.8 Å². The number of hydrogen-bond acceptors (Lipinski definition) is 8. The Morgan fingerprint density at radius 2 is 0.685 bits per heavy atom. The van der Waals surface area contributed by atoms with Gasteiger partial charge in [0.1, 0.15) is 24.4 Å². The van der Waals surface area contributed by atoms with Crippen molar-refractivity contribution in [2.24, 2.45) is 0 Å². The largest absolute Gasteiger partial charge is 0.394 e. The Hall–Kier alpha value is -0.810. The van der Waals surface area contributed by atoms with Crippen LogP contribution >= 0.6 is 0 Å². The van der Waals surface area contributed by atoms with Crippen LogP contribution in [0, 0.1) is 0 Å². The fraction of sp³-hybridized carbons (Fsp3) is 0.984. The molecular formula is C64H127NO8. The number of carbonyl (C=O) groups is 1. The molecule has 73 heavy (non-hydrogen) atoms. The molecule has 0 aromatic carbocycles. The Balaban J connectivity index is 2.12. The van der Waals surface area contributed by atoms with Gasteiger partial charge >= 0.3 is 0 Å². The lowest BCUT2D eigenvalue weighted by atomic mass is 9.99. The molecule has 0 spiro atoms. The van der Waals surface area contributed by atoms with E-state index in [0.29, 0.717) is 12.8 Å². The molecule has 1 aliphatic rings. The smallest absolute Gasteiger partial charge is 0.220 e. The van der Waals surface area contributed by atoms with E-state index in [1.807, 2.05) is 0 Å². The third-order valence-corrected chi connectivity index (χ3v) is 16.2. The van der Waals surface area contributed by atoms with Crippen LogP contribution in [0.4, 0.5) is 0 Å². The average molecular weight is 1040 g/mol. The predicted molar refractivity (Wildman–Crippen MR) is 309 cm³/mol. The monoisotopic (exact) mass is 1040 g/mol. The van der Waals surface area contributed by atoms with Gasteiger partial charge in [-0.2, -0.15) is 0 Å². The SMILES string of the molecule is CCCCCCCCCCCCCCCCCCCCCCCCCCCCCCCC(O)C(COC1OC(CO)C(O)C(O)C1O)NC(=O)CCCCCCCCCCCCCCCCCCCCCCC. The van der Waals surface area contributed by atoms with E-state index >= 15 is 0 Å². The number of amides is 1. The maximum Gasteiger partial charge on any atom is 0.220 e. The summed E-state index contributed by atoms with van der Waals surface area (Å²) >= 11 is 0. The summed E-state index contributed by atoms with van der Waals surface area (Å²) < 4.78 is 11.4. The summed E-state index contributed by atoms with van der Waals surface area (Å²) in [5.74, 6) is -0.134. The summed E-state index contributed by atoms with van der Waals surface area (Å²) in [5.41, 5.74) is 0. The van der Waals surface area contributed by atoms with E-state index in [-0.39, 0.29) is 12.5 Å². The number of aliphatic hydroxyl groups is 5. The Morgan fingerprint density at radius 1 is 0.411 bits per heavy atom. The Bertz CT molecular complexity index is 1110. The first-order chi connectivity index (χ1) is 35.8. The molecule has 1 saturated heterocycles. The molecule has 0 aliphatic carbocycles. The third kappa shape index (κ3) is 43.8. The number of hydrogen-bond donors (Lipinski definition) is 6. The van der Waals surface area contributed by atoms with Gasteiger partial charge in [0.15, 0.2) is 6.29 Å². The van der Waals surface area contributed by atoms with Crippen molar-refractivity contribution in [3.63, 3.8) is 0 Å². The highest BCUT2D eigenvalue weighted by molar-refractivity contribution is 5.76. The summed E-state index contributed by atoms with van der Waals surface area (Å²) in [6, 6.07) is -0.714. The molecule has 6 N–H and O–H groups in total. The molecule has 0 aromatic rings. The molecule has 0 radical (unpaired) electrons. The second kappa shape index (κ2) is 54.5. The van der Waals surface area contributed by atoms with Crippen molar-refractivity contribution in [2.75, 3.05) is 13.2 Å². The summed E-state index contributed by atoms with van der Waals surface area (Å²) in [4.78, 5) is 13.1. The average Bonchev–Trinajstić information content (AvgIpc) is 3.39. The van der Waals surface area contributed by atoms with Crippen LogP contribution in [0.2, 0.25) is 0 Å². The van der Waals surface area contributed by atoms with Crippen molar-refractivity contribution in [3.8, 4) is 0 Å². The minimum atomic E-state index is -1.55. The molecule has 0 saturated carbocycles. The fourth-order valence-corrected chi connectivity index (χ4v) is 11.0. The van der Waals surface area contributed by atoms with Gasteiger partial charge in [-0.05, 0) is 12.8 Å². The molecular weight excluding hydrogens is 911 g/mol. The van der Waals surface area contributed by atoms with Gasteiger partial charge in [0.25, 0.3) is 0 Å². The molecule has 1 rings (SSSR count). The molecule has 1 heterocycles. The molecule has 1 aliphatic heterocycles. The lowest BCUT2D eigenvalue weighted by molar-refractivity contribution is -0.302. The number of aliphatic hydroxyl groups excluding tert-OH is 5. The van der Waals surface area contributed by atoms with E-state index in [1.54, 1.807) is 0 Å². The minimum Gasteiger partial charge on any atom is -0.394 e. The predicted octanol–water partition coefficient (Wildman–Crippen LogP) is 17.0. The van der Waals surface area contributed by atoms with Crippen LogP contribution < -0.4 is 5.32 Å². The zero-order valence-electron chi connectivity index (χ0n) is 48.7. The van der Waals surface area contributed by atoms with Crippen molar-refractivity contribution in [2.45, 2.75) is 391 Å². The van der Waals surface area contributed by atoms with Gasteiger partial charge in [0, 0.05) is 6.42 Å². The van der Waals surface area contributed by atoms with E-state index in [4.69, 9.17) is 9.47 Å². The van der Waals surface area contributed by atoms with Crippen molar-refractivity contribution >= 4 is 5.91 Å². The van der Waals surface area contributed by atoms with Crippen LogP contribution in [0.1, 0.15) is 348 Å². The Labute approximate surface area is 453 Å². The summed E-state index contributed by atoms with van der Waals surface area (Å²) in [7, 11) is 0. The molecule has 0 bridgehead atoms. The minimum absolute atomic E-state index is 0.130. The summed E-state index contributed by atoms with van der Waals surface area (Å²) in [6.45, 7) is 3.90. The molecule has 9 nitrogen and oxygen atoms in total. The third-order valence-electron chi connectivity index (χ3n) is 16.2. The van der Waals surface area contributed by atoms with E-state index in [1.165, 1.54) is 283 Å². The first kappa shape index (κ1) is 70.2. The van der Waals surface area contributed by atoms with Gasteiger partial charge in [0.05, 0.1) is 25.4 Å². The van der Waals surface area contributed by atoms with E-state index in [2.05, 4.69) is 19.2 Å². The van der Waals surface area contributed by atoms with Crippen LogP contribution in [-0.2, 0) is 14.3 Å². The Morgan fingerprint density at radius 3 is 0.973 bits per heavy atom. The molecule has 9 heteroatoms. The van der Waals surface area contributed by atoms with Crippen molar-refractivity contribution in [3.05, 3.63) is 0 Å². The molecule has 7 atom stereocenters. The van der Waals surface area contributed by atoms with Gasteiger partial charge in [-0.1, -0.05) is 328 Å². The first-order valence-electron chi connectivity index (χ1n) is 32.7. The van der Waals surface area contributed by atoms with Crippen LogP contribution in [0.5, 0.6) is 0 Å². The highest BCUT2D eigenvalue weighted by Crippen LogP contribution is 2.24.